The minimum absolute atomic E-state index is 0.365. The van der Waals surface area contributed by atoms with E-state index in [0.717, 1.165) is 12.0 Å². The van der Waals surface area contributed by atoms with Crippen LogP contribution in [0.4, 0.5) is 0 Å². The van der Waals surface area contributed by atoms with Gasteiger partial charge in [-0.15, -0.1) is 0 Å². The van der Waals surface area contributed by atoms with E-state index in [4.69, 9.17) is 4.74 Å². The first-order valence-electron chi connectivity index (χ1n) is 3.32. The molecule has 0 amide bonds. The van der Waals surface area contributed by atoms with E-state index in [-0.39, 0.29) is 6.10 Å². The number of methoxy groups -OCH3 is 1. The number of hydrogen-bond donors (Lipinski definition) is 1. The van der Waals surface area contributed by atoms with Gasteiger partial charge >= 0.3 is 0 Å². The maximum atomic E-state index is 10.3. The molecule has 0 saturated carbocycles. The summed E-state index contributed by atoms with van der Waals surface area (Å²) >= 11 is 0. The number of aldehydes is 1. The molecule has 0 fully saturated rings. The molecule has 0 aliphatic carbocycles. The van der Waals surface area contributed by atoms with Gasteiger partial charge in [0.15, 0.2) is 0 Å². The van der Waals surface area contributed by atoms with E-state index in [1.165, 1.54) is 7.11 Å². The van der Waals surface area contributed by atoms with E-state index < -0.39 is 0 Å². The highest BCUT2D eigenvalue weighted by Gasteiger charge is 2.06. The summed E-state index contributed by atoms with van der Waals surface area (Å²) in [6.45, 7) is 0. The third-order valence-electron chi connectivity index (χ3n) is 1.43. The molecule has 0 unspecified atom stereocenters. The summed E-state index contributed by atoms with van der Waals surface area (Å²) in [5, 5.41) is 0. The van der Waals surface area contributed by atoms with Crippen LogP contribution in [0.5, 0.6) is 0 Å². The van der Waals surface area contributed by atoms with Crippen molar-refractivity contribution in [3.8, 4) is 0 Å². The van der Waals surface area contributed by atoms with E-state index in [9.17, 15) is 4.79 Å². The van der Waals surface area contributed by atoms with Crippen molar-refractivity contribution in [1.82, 2.24) is 9.97 Å². The summed E-state index contributed by atoms with van der Waals surface area (Å²) in [6, 6.07) is 0. The topological polar surface area (TPSA) is 55.0 Å². The van der Waals surface area contributed by atoms with Crippen LogP contribution in [-0.4, -0.2) is 29.5 Å². The van der Waals surface area contributed by atoms with Gasteiger partial charge in [-0.1, -0.05) is 0 Å². The van der Waals surface area contributed by atoms with Crippen molar-refractivity contribution in [1.29, 1.82) is 0 Å². The van der Waals surface area contributed by atoms with E-state index in [0.29, 0.717) is 6.42 Å². The Kier molecular flexibility index (Phi) is 2.80. The van der Waals surface area contributed by atoms with Crippen molar-refractivity contribution in [2.24, 2.45) is 0 Å². The molecule has 1 N–H and O–H groups in total. The van der Waals surface area contributed by atoms with Crippen LogP contribution in [0.1, 0.15) is 5.69 Å². The largest absolute Gasteiger partial charge is 0.374 e. The lowest BCUT2D eigenvalue weighted by atomic mass is 10.2. The first-order valence-corrected chi connectivity index (χ1v) is 3.32. The minimum atomic E-state index is -0.365. The molecule has 1 heterocycles. The molecular formula is C7H10N2O2. The molecule has 0 aliphatic rings. The zero-order valence-electron chi connectivity index (χ0n) is 6.28. The molecule has 0 aliphatic heterocycles. The van der Waals surface area contributed by atoms with Crippen molar-refractivity contribution in [3.05, 3.63) is 18.2 Å². The summed E-state index contributed by atoms with van der Waals surface area (Å²) in [5.41, 5.74) is 0.906. The fourth-order valence-electron chi connectivity index (χ4n) is 0.800. The molecule has 4 nitrogen and oxygen atoms in total. The quantitative estimate of drug-likeness (QED) is 0.629. The Labute approximate surface area is 64.6 Å². The molecule has 60 valence electrons. The van der Waals surface area contributed by atoms with Crippen molar-refractivity contribution >= 4 is 6.29 Å². The Balaban J connectivity index is 2.47. The fourth-order valence-corrected chi connectivity index (χ4v) is 0.800. The maximum absolute atomic E-state index is 10.3. The average Bonchev–Trinajstić information content (AvgIpc) is 2.52. The van der Waals surface area contributed by atoms with Crippen molar-refractivity contribution in [2.45, 2.75) is 12.5 Å². The smallest absolute Gasteiger partial charge is 0.149 e. The average molecular weight is 154 g/mol. The van der Waals surface area contributed by atoms with E-state index >= 15 is 0 Å². The minimum Gasteiger partial charge on any atom is -0.374 e. The van der Waals surface area contributed by atoms with Gasteiger partial charge in [-0.05, 0) is 0 Å². The Hall–Kier alpha value is -1.16. The third-order valence-corrected chi connectivity index (χ3v) is 1.43. The van der Waals surface area contributed by atoms with Gasteiger partial charge in [-0.2, -0.15) is 0 Å². The Bertz CT molecular complexity index is 208. The number of aromatic amines is 1. The van der Waals surface area contributed by atoms with Crippen LogP contribution < -0.4 is 0 Å². The lowest BCUT2D eigenvalue weighted by Gasteiger charge is -2.04. The second kappa shape index (κ2) is 3.88. The molecular weight excluding hydrogens is 144 g/mol. The monoisotopic (exact) mass is 154 g/mol. The van der Waals surface area contributed by atoms with Crippen molar-refractivity contribution in [2.75, 3.05) is 7.11 Å². The highest BCUT2D eigenvalue weighted by molar-refractivity contribution is 5.56. The highest BCUT2D eigenvalue weighted by atomic mass is 16.5. The van der Waals surface area contributed by atoms with Crippen LogP contribution in [0.15, 0.2) is 12.5 Å². The summed E-state index contributed by atoms with van der Waals surface area (Å²) < 4.78 is 4.86. The number of rotatable bonds is 4. The van der Waals surface area contributed by atoms with Gasteiger partial charge in [0, 0.05) is 25.4 Å². The summed E-state index contributed by atoms with van der Waals surface area (Å²) in [6.07, 6.45) is 4.22. The second-order valence-corrected chi connectivity index (χ2v) is 2.19. The first kappa shape index (κ1) is 7.94. The number of hydrogen-bond acceptors (Lipinski definition) is 3. The number of imidazole rings is 1. The molecule has 1 atom stereocenters. The maximum Gasteiger partial charge on any atom is 0.149 e. The van der Waals surface area contributed by atoms with Crippen molar-refractivity contribution in [3.63, 3.8) is 0 Å². The fraction of sp³-hybridized carbons (Fsp3) is 0.429. The SMILES string of the molecule is CO[C@H](C=O)Cc1cnc[nH]1. The first-order chi connectivity index (χ1) is 5.36. The van der Waals surface area contributed by atoms with E-state index in [1.54, 1.807) is 12.5 Å². The number of nitrogens with one attached hydrogen (secondary N) is 1. The van der Waals surface area contributed by atoms with E-state index in [2.05, 4.69) is 9.97 Å². The zero-order chi connectivity index (χ0) is 8.10. The van der Waals surface area contributed by atoms with Crippen LogP contribution in [-0.2, 0) is 16.0 Å². The molecule has 11 heavy (non-hydrogen) atoms. The Morgan fingerprint density at radius 3 is 3.18 bits per heavy atom. The normalized spacial score (nSPS) is 12.8. The predicted octanol–water partition coefficient (Wildman–Crippen LogP) is 0.166. The molecule has 0 saturated heterocycles. The Morgan fingerprint density at radius 2 is 2.73 bits per heavy atom. The van der Waals surface area contributed by atoms with Gasteiger partial charge in [-0.25, -0.2) is 4.98 Å². The molecule has 0 aromatic carbocycles. The molecule has 1 rings (SSSR count). The summed E-state index contributed by atoms with van der Waals surface area (Å²) in [5.74, 6) is 0. The molecule has 1 aromatic heterocycles. The standard InChI is InChI=1S/C7H10N2O2/c1-11-7(4-10)2-6-3-8-5-9-6/h3-5,7H,2H2,1H3,(H,8,9)/t7-/m0/s1. The molecule has 4 heteroatoms. The van der Waals surface area contributed by atoms with Crippen molar-refractivity contribution < 1.29 is 9.53 Å². The van der Waals surface area contributed by atoms with E-state index in [1.807, 2.05) is 0 Å². The number of H-pyrrole nitrogens is 1. The second-order valence-electron chi connectivity index (χ2n) is 2.19. The summed E-state index contributed by atoms with van der Waals surface area (Å²) in [4.78, 5) is 17.0. The predicted molar refractivity (Wildman–Crippen MR) is 39.2 cm³/mol. The molecule has 1 aromatic rings. The number of aromatic nitrogens is 2. The number of ether oxygens (including phenoxy) is 1. The van der Waals surface area contributed by atoms with Gasteiger partial charge in [0.2, 0.25) is 0 Å². The van der Waals surface area contributed by atoms with Crippen LogP contribution in [0, 0.1) is 0 Å². The van der Waals surface area contributed by atoms with Gasteiger partial charge in [-0.3, -0.25) is 0 Å². The van der Waals surface area contributed by atoms with Gasteiger partial charge in [0.25, 0.3) is 0 Å². The number of nitrogens with zero attached hydrogens (tertiary/aromatic N) is 1. The number of carbonyl (C=O) groups is 1. The van der Waals surface area contributed by atoms with Gasteiger partial charge in [0.05, 0.1) is 6.33 Å². The van der Waals surface area contributed by atoms with Crippen LogP contribution in [0.3, 0.4) is 0 Å². The summed E-state index contributed by atoms with van der Waals surface area (Å²) in [7, 11) is 1.51. The third kappa shape index (κ3) is 2.16. The molecule has 0 spiro atoms. The molecule has 0 bridgehead atoms. The number of carbonyl (C=O) groups excluding carboxylic acids is 1. The van der Waals surface area contributed by atoms with Gasteiger partial charge in [0.1, 0.15) is 12.4 Å². The van der Waals surface area contributed by atoms with Gasteiger partial charge < -0.3 is 14.5 Å². The zero-order valence-corrected chi connectivity index (χ0v) is 6.28. The Morgan fingerprint density at radius 1 is 1.91 bits per heavy atom. The highest BCUT2D eigenvalue weighted by Crippen LogP contribution is 1.98. The van der Waals surface area contributed by atoms with Crippen LogP contribution in [0.2, 0.25) is 0 Å². The molecule has 0 radical (unpaired) electrons. The van der Waals surface area contributed by atoms with Crippen LogP contribution in [0.25, 0.3) is 0 Å². The van der Waals surface area contributed by atoms with Crippen LogP contribution >= 0.6 is 0 Å². The lowest BCUT2D eigenvalue weighted by molar-refractivity contribution is -0.116. The lowest BCUT2D eigenvalue weighted by Crippen LogP contribution is -2.15.